The Balaban J connectivity index is 1.48. The molecule has 0 atom stereocenters. The Labute approximate surface area is 187 Å². The molecule has 0 saturated heterocycles. The van der Waals surface area contributed by atoms with Crippen LogP contribution in [0.5, 0.6) is 11.5 Å². The smallest absolute Gasteiger partial charge is 0.233 e. The summed E-state index contributed by atoms with van der Waals surface area (Å²) in [5.74, 6) is 0.514. The molecule has 0 heterocycles. The van der Waals surface area contributed by atoms with Crippen molar-refractivity contribution in [1.29, 1.82) is 0 Å². The van der Waals surface area contributed by atoms with Crippen LogP contribution in [0.25, 0.3) is 22.3 Å². The molecule has 0 spiro atoms. The third kappa shape index (κ3) is 4.44. The van der Waals surface area contributed by atoms with Gasteiger partial charge in [0.05, 0.1) is 14.2 Å². The predicted molar refractivity (Wildman–Crippen MR) is 126 cm³/mol. The van der Waals surface area contributed by atoms with E-state index < -0.39 is 11.6 Å². The topological polar surface area (TPSA) is 52.6 Å². The van der Waals surface area contributed by atoms with E-state index in [1.807, 2.05) is 72.8 Å². The Morgan fingerprint density at radius 2 is 0.688 bits per heavy atom. The van der Waals surface area contributed by atoms with Crippen molar-refractivity contribution in [3.8, 4) is 33.8 Å². The summed E-state index contributed by atoms with van der Waals surface area (Å²) < 4.78 is 10.4. The highest BCUT2D eigenvalue weighted by Crippen LogP contribution is 2.25. The van der Waals surface area contributed by atoms with E-state index in [0.717, 1.165) is 33.8 Å². The van der Waals surface area contributed by atoms with Crippen molar-refractivity contribution >= 4 is 11.6 Å². The standard InChI is InChI=1S/C28H22O4/c1-31-25-15-11-21(12-16-25)19-3-7-23(8-4-19)27(29)28(30)24-9-5-20(6-10-24)22-13-17-26(32-2)18-14-22/h3-18H,1-2H3. The molecule has 4 nitrogen and oxygen atoms in total. The number of carbonyl (C=O) groups excluding carboxylic acids is 2. The van der Waals surface area contributed by atoms with E-state index in [1.165, 1.54) is 0 Å². The number of ether oxygens (including phenoxy) is 2. The van der Waals surface area contributed by atoms with Gasteiger partial charge in [-0.15, -0.1) is 0 Å². The lowest BCUT2D eigenvalue weighted by molar-refractivity contribution is 0.0817. The first-order chi connectivity index (χ1) is 15.6. The number of carbonyl (C=O) groups is 2. The van der Waals surface area contributed by atoms with Crippen molar-refractivity contribution in [1.82, 2.24) is 0 Å². The summed E-state index contributed by atoms with van der Waals surface area (Å²) in [5, 5.41) is 0. The molecule has 4 heteroatoms. The van der Waals surface area contributed by atoms with Gasteiger partial charge < -0.3 is 9.47 Å². The SMILES string of the molecule is COc1ccc(-c2ccc(C(=O)C(=O)c3ccc(-c4ccc(OC)cc4)cc3)cc2)cc1. The van der Waals surface area contributed by atoms with Gasteiger partial charge in [-0.2, -0.15) is 0 Å². The molecule has 0 aliphatic heterocycles. The molecule has 4 aromatic rings. The molecule has 0 aliphatic carbocycles. The number of hydrogen-bond donors (Lipinski definition) is 0. The molecular weight excluding hydrogens is 400 g/mol. The van der Waals surface area contributed by atoms with E-state index >= 15 is 0 Å². The molecule has 0 saturated carbocycles. The summed E-state index contributed by atoms with van der Waals surface area (Å²) in [5.41, 5.74) is 4.66. The van der Waals surface area contributed by atoms with E-state index in [1.54, 1.807) is 38.5 Å². The molecule has 0 aromatic heterocycles. The van der Waals surface area contributed by atoms with Gasteiger partial charge >= 0.3 is 0 Å². The molecule has 0 aliphatic rings. The summed E-state index contributed by atoms with van der Waals surface area (Å²) >= 11 is 0. The van der Waals surface area contributed by atoms with Gasteiger partial charge in [-0.25, -0.2) is 0 Å². The average Bonchev–Trinajstić information content (AvgIpc) is 2.88. The lowest BCUT2D eigenvalue weighted by Gasteiger charge is -2.07. The van der Waals surface area contributed by atoms with E-state index in [4.69, 9.17) is 9.47 Å². The van der Waals surface area contributed by atoms with Crippen LogP contribution in [0.15, 0.2) is 97.1 Å². The zero-order valence-electron chi connectivity index (χ0n) is 17.9. The Morgan fingerprint density at radius 3 is 0.938 bits per heavy atom. The quantitative estimate of drug-likeness (QED) is 0.267. The number of rotatable bonds is 7. The van der Waals surface area contributed by atoms with Crippen LogP contribution in [-0.4, -0.2) is 25.8 Å². The van der Waals surface area contributed by atoms with Crippen LogP contribution in [0.2, 0.25) is 0 Å². The largest absolute Gasteiger partial charge is 0.497 e. The van der Waals surface area contributed by atoms with Crippen molar-refractivity contribution in [2.75, 3.05) is 14.2 Å². The van der Waals surface area contributed by atoms with Crippen LogP contribution < -0.4 is 9.47 Å². The molecule has 4 rings (SSSR count). The number of benzene rings is 4. The van der Waals surface area contributed by atoms with Gasteiger partial charge in [-0.05, 0) is 46.5 Å². The minimum atomic E-state index is -0.525. The highest BCUT2D eigenvalue weighted by molar-refractivity contribution is 6.49. The number of hydrogen-bond acceptors (Lipinski definition) is 4. The summed E-state index contributed by atoms with van der Waals surface area (Å²) in [6.45, 7) is 0. The van der Waals surface area contributed by atoms with Crippen LogP contribution in [0.3, 0.4) is 0 Å². The van der Waals surface area contributed by atoms with Gasteiger partial charge in [0.25, 0.3) is 0 Å². The number of ketones is 2. The molecule has 0 amide bonds. The Bertz CT molecular complexity index is 1120. The normalized spacial score (nSPS) is 10.4. The molecule has 0 unspecified atom stereocenters. The first kappa shape index (κ1) is 21.1. The fourth-order valence-electron chi connectivity index (χ4n) is 3.46. The van der Waals surface area contributed by atoms with Crippen molar-refractivity contribution in [2.24, 2.45) is 0 Å². The average molecular weight is 422 g/mol. The lowest BCUT2D eigenvalue weighted by Crippen LogP contribution is -2.14. The maximum absolute atomic E-state index is 12.7. The van der Waals surface area contributed by atoms with E-state index in [0.29, 0.717) is 11.1 Å². The third-order valence-electron chi connectivity index (χ3n) is 5.35. The maximum Gasteiger partial charge on any atom is 0.233 e. The minimum absolute atomic E-state index is 0.367. The molecule has 158 valence electrons. The number of Topliss-reactive ketones (excluding diaryl/α,β-unsaturated/α-hetero) is 2. The van der Waals surface area contributed by atoms with Crippen molar-refractivity contribution in [3.05, 3.63) is 108 Å². The van der Waals surface area contributed by atoms with E-state index in [9.17, 15) is 9.59 Å². The molecular formula is C28H22O4. The van der Waals surface area contributed by atoms with Gasteiger partial charge in [0.15, 0.2) is 0 Å². The molecule has 0 N–H and O–H groups in total. The van der Waals surface area contributed by atoms with Crippen LogP contribution in [0, 0.1) is 0 Å². The highest BCUT2D eigenvalue weighted by atomic mass is 16.5. The molecule has 0 radical (unpaired) electrons. The fraction of sp³-hybridized carbons (Fsp3) is 0.0714. The molecule has 4 aromatic carbocycles. The first-order valence-electron chi connectivity index (χ1n) is 10.2. The fourth-order valence-corrected chi connectivity index (χ4v) is 3.46. The van der Waals surface area contributed by atoms with Crippen LogP contribution >= 0.6 is 0 Å². The van der Waals surface area contributed by atoms with E-state index in [-0.39, 0.29) is 0 Å². The minimum Gasteiger partial charge on any atom is -0.497 e. The Kier molecular flexibility index (Phi) is 6.13. The van der Waals surface area contributed by atoms with Crippen LogP contribution in [0.4, 0.5) is 0 Å². The van der Waals surface area contributed by atoms with Crippen molar-refractivity contribution in [2.45, 2.75) is 0 Å². The van der Waals surface area contributed by atoms with Gasteiger partial charge in [0, 0.05) is 11.1 Å². The molecule has 0 fully saturated rings. The highest BCUT2D eigenvalue weighted by Gasteiger charge is 2.18. The summed E-state index contributed by atoms with van der Waals surface area (Å²) in [6.07, 6.45) is 0. The van der Waals surface area contributed by atoms with Crippen molar-refractivity contribution in [3.63, 3.8) is 0 Å². The molecule has 32 heavy (non-hydrogen) atoms. The second kappa shape index (κ2) is 9.31. The third-order valence-corrected chi connectivity index (χ3v) is 5.35. The van der Waals surface area contributed by atoms with Gasteiger partial charge in [-0.1, -0.05) is 72.8 Å². The second-order valence-corrected chi connectivity index (χ2v) is 7.27. The Morgan fingerprint density at radius 1 is 0.438 bits per heavy atom. The first-order valence-corrected chi connectivity index (χ1v) is 10.2. The zero-order chi connectivity index (χ0) is 22.5. The van der Waals surface area contributed by atoms with Gasteiger partial charge in [-0.3, -0.25) is 9.59 Å². The zero-order valence-corrected chi connectivity index (χ0v) is 17.9. The summed E-state index contributed by atoms with van der Waals surface area (Å²) in [6, 6.07) is 29.4. The summed E-state index contributed by atoms with van der Waals surface area (Å²) in [7, 11) is 3.25. The van der Waals surface area contributed by atoms with Crippen molar-refractivity contribution < 1.29 is 19.1 Å². The lowest BCUT2D eigenvalue weighted by atomic mass is 9.97. The summed E-state index contributed by atoms with van der Waals surface area (Å²) in [4.78, 5) is 25.4. The van der Waals surface area contributed by atoms with Crippen LogP contribution in [-0.2, 0) is 0 Å². The maximum atomic E-state index is 12.7. The van der Waals surface area contributed by atoms with Crippen LogP contribution in [0.1, 0.15) is 20.7 Å². The van der Waals surface area contributed by atoms with Gasteiger partial charge in [0.1, 0.15) is 11.5 Å². The number of methoxy groups -OCH3 is 2. The van der Waals surface area contributed by atoms with Gasteiger partial charge in [0.2, 0.25) is 11.6 Å². The monoisotopic (exact) mass is 422 g/mol. The van der Waals surface area contributed by atoms with E-state index in [2.05, 4.69) is 0 Å². The molecule has 0 bridgehead atoms. The second-order valence-electron chi connectivity index (χ2n) is 7.27. The predicted octanol–water partition coefficient (Wildman–Crippen LogP) is 6.10. The Hall–Kier alpha value is -4.18.